The van der Waals surface area contributed by atoms with E-state index in [4.69, 9.17) is 11.6 Å². The van der Waals surface area contributed by atoms with E-state index in [-0.39, 0.29) is 4.87 Å². The molecule has 0 spiro atoms. The Morgan fingerprint density at radius 3 is 2.33 bits per heavy atom. The van der Waals surface area contributed by atoms with E-state index in [9.17, 15) is 4.79 Å². The molecule has 0 radical (unpaired) electrons. The lowest BCUT2D eigenvalue weighted by Gasteiger charge is -2.20. The molecule has 2 rings (SSSR count). The van der Waals surface area contributed by atoms with Crippen LogP contribution < -0.4 is 4.87 Å². The van der Waals surface area contributed by atoms with Gasteiger partial charge >= 0.3 is 4.87 Å². The summed E-state index contributed by atoms with van der Waals surface area (Å²) >= 11 is 7.24. The van der Waals surface area contributed by atoms with Crippen molar-refractivity contribution < 1.29 is 0 Å². The summed E-state index contributed by atoms with van der Waals surface area (Å²) in [7, 11) is 0. The molecule has 0 bridgehead atoms. The summed E-state index contributed by atoms with van der Waals surface area (Å²) in [5, 5.41) is 0.705. The van der Waals surface area contributed by atoms with Crippen molar-refractivity contribution in [3.05, 3.63) is 43.8 Å². The second-order valence-electron chi connectivity index (χ2n) is 5.10. The van der Waals surface area contributed by atoms with Crippen molar-refractivity contribution in [2.24, 2.45) is 0 Å². The first-order valence-electron chi connectivity index (χ1n) is 7.34. The summed E-state index contributed by atoms with van der Waals surface area (Å²) in [6, 6.07) is 7.61. The molecule has 0 saturated heterocycles. The van der Waals surface area contributed by atoms with Crippen LogP contribution in [0.3, 0.4) is 0 Å². The molecule has 0 aliphatic heterocycles. The number of benzene rings is 1. The summed E-state index contributed by atoms with van der Waals surface area (Å²) in [5.74, 6) is 0. The first-order chi connectivity index (χ1) is 10.1. The zero-order chi connectivity index (χ0) is 15.2. The highest BCUT2D eigenvalue weighted by molar-refractivity contribution is 7.09. The number of rotatable bonds is 7. The number of thiazole rings is 1. The van der Waals surface area contributed by atoms with E-state index < -0.39 is 0 Å². The van der Waals surface area contributed by atoms with Gasteiger partial charge in [-0.25, -0.2) is 0 Å². The van der Waals surface area contributed by atoms with Gasteiger partial charge in [0.15, 0.2) is 0 Å². The summed E-state index contributed by atoms with van der Waals surface area (Å²) in [4.78, 5) is 18.2. The number of aromatic amines is 1. The SMILES string of the molecule is CCCN(CCC)Cc1sc(=O)[nH]c1-c1ccc(Cl)cc1. The molecule has 1 aromatic carbocycles. The fourth-order valence-corrected chi connectivity index (χ4v) is 3.45. The van der Waals surface area contributed by atoms with Gasteiger partial charge in [-0.15, -0.1) is 0 Å². The van der Waals surface area contributed by atoms with Crippen molar-refractivity contribution in [3.8, 4) is 11.3 Å². The number of hydrogen-bond acceptors (Lipinski definition) is 3. The van der Waals surface area contributed by atoms with Crippen LogP contribution >= 0.6 is 22.9 Å². The lowest BCUT2D eigenvalue weighted by molar-refractivity contribution is 0.269. The molecule has 1 heterocycles. The third-order valence-corrected chi connectivity index (χ3v) is 4.42. The smallest absolute Gasteiger partial charge is 0.305 e. The van der Waals surface area contributed by atoms with Gasteiger partial charge in [-0.3, -0.25) is 9.69 Å². The third kappa shape index (κ3) is 4.43. The van der Waals surface area contributed by atoms with Gasteiger partial charge in [0.1, 0.15) is 0 Å². The fourth-order valence-electron chi connectivity index (χ4n) is 2.43. The Hall–Kier alpha value is -1.10. The molecule has 1 N–H and O–H groups in total. The molecule has 0 fully saturated rings. The van der Waals surface area contributed by atoms with Crippen molar-refractivity contribution in [2.75, 3.05) is 13.1 Å². The van der Waals surface area contributed by atoms with Gasteiger partial charge in [0.2, 0.25) is 0 Å². The Morgan fingerprint density at radius 1 is 1.14 bits per heavy atom. The maximum Gasteiger partial charge on any atom is 0.305 e. The van der Waals surface area contributed by atoms with Gasteiger partial charge in [-0.1, -0.05) is 48.9 Å². The molecule has 1 aromatic heterocycles. The van der Waals surface area contributed by atoms with E-state index in [1.54, 1.807) is 0 Å². The average molecular weight is 325 g/mol. The normalized spacial score (nSPS) is 11.2. The molecule has 114 valence electrons. The van der Waals surface area contributed by atoms with Crippen molar-refractivity contribution >= 4 is 22.9 Å². The predicted molar refractivity (Wildman–Crippen MR) is 91.2 cm³/mol. The number of hydrogen-bond donors (Lipinski definition) is 1. The van der Waals surface area contributed by atoms with Crippen molar-refractivity contribution in [3.63, 3.8) is 0 Å². The highest BCUT2D eigenvalue weighted by atomic mass is 35.5. The third-order valence-electron chi connectivity index (χ3n) is 3.30. The molecule has 0 unspecified atom stereocenters. The standard InChI is InChI=1S/C16H21ClN2OS/c1-3-9-19(10-4-2)11-14-15(18-16(20)21-14)12-5-7-13(17)8-6-12/h5-8H,3-4,9-11H2,1-2H3,(H,18,20). The molecule has 5 heteroatoms. The summed E-state index contributed by atoms with van der Waals surface area (Å²) in [6.45, 7) is 7.30. The highest BCUT2D eigenvalue weighted by Gasteiger charge is 2.13. The maximum absolute atomic E-state index is 11.8. The predicted octanol–water partition coefficient (Wildman–Crippen LogP) is 4.38. The zero-order valence-corrected chi connectivity index (χ0v) is 14.1. The van der Waals surface area contributed by atoms with Gasteiger partial charge in [-0.05, 0) is 43.6 Å². The van der Waals surface area contributed by atoms with Crippen LogP contribution in [0.5, 0.6) is 0 Å². The zero-order valence-electron chi connectivity index (χ0n) is 12.5. The minimum Gasteiger partial charge on any atom is -0.312 e. The molecule has 0 atom stereocenters. The van der Waals surface area contributed by atoms with Crippen LogP contribution in [0.25, 0.3) is 11.3 Å². The minimum absolute atomic E-state index is 0.00268. The van der Waals surface area contributed by atoms with Gasteiger partial charge in [0.05, 0.1) is 5.69 Å². The second kappa shape index (κ2) is 7.78. The Labute approximate surface area is 134 Å². The summed E-state index contributed by atoms with van der Waals surface area (Å²) in [5.41, 5.74) is 1.94. The van der Waals surface area contributed by atoms with E-state index in [0.29, 0.717) is 5.02 Å². The Morgan fingerprint density at radius 2 is 1.76 bits per heavy atom. The van der Waals surface area contributed by atoms with Crippen LogP contribution in [0.2, 0.25) is 5.02 Å². The van der Waals surface area contributed by atoms with Crippen LogP contribution in [0.1, 0.15) is 31.6 Å². The second-order valence-corrected chi connectivity index (χ2v) is 6.60. The summed E-state index contributed by atoms with van der Waals surface area (Å²) < 4.78 is 0. The highest BCUT2D eigenvalue weighted by Crippen LogP contribution is 2.26. The van der Waals surface area contributed by atoms with Gasteiger partial charge in [0.25, 0.3) is 0 Å². The maximum atomic E-state index is 11.8. The molecule has 3 nitrogen and oxygen atoms in total. The van der Waals surface area contributed by atoms with Gasteiger partial charge in [0, 0.05) is 16.4 Å². The lowest BCUT2D eigenvalue weighted by Crippen LogP contribution is -2.24. The molecular weight excluding hydrogens is 304 g/mol. The van der Waals surface area contributed by atoms with Crippen LogP contribution in [-0.4, -0.2) is 23.0 Å². The van der Waals surface area contributed by atoms with E-state index >= 15 is 0 Å². The fraction of sp³-hybridized carbons (Fsp3) is 0.438. The van der Waals surface area contributed by atoms with Crippen molar-refractivity contribution in [1.82, 2.24) is 9.88 Å². The minimum atomic E-state index is 0.00268. The Bertz CT molecular complexity index is 612. The number of halogens is 1. The number of nitrogens with one attached hydrogen (secondary N) is 1. The molecule has 0 amide bonds. The van der Waals surface area contributed by atoms with Crippen LogP contribution in [0, 0.1) is 0 Å². The number of H-pyrrole nitrogens is 1. The Kier molecular flexibility index (Phi) is 6.03. The average Bonchev–Trinajstić information content (AvgIpc) is 2.81. The number of aromatic nitrogens is 1. The van der Waals surface area contributed by atoms with Crippen LogP contribution in [0.15, 0.2) is 29.1 Å². The molecule has 21 heavy (non-hydrogen) atoms. The first-order valence-corrected chi connectivity index (χ1v) is 8.53. The monoisotopic (exact) mass is 324 g/mol. The van der Waals surface area contributed by atoms with Gasteiger partial charge < -0.3 is 4.98 Å². The molecule has 0 aliphatic rings. The van der Waals surface area contributed by atoms with E-state index in [1.807, 2.05) is 24.3 Å². The quantitative estimate of drug-likeness (QED) is 0.820. The topological polar surface area (TPSA) is 36.1 Å². The van der Waals surface area contributed by atoms with Crippen molar-refractivity contribution in [1.29, 1.82) is 0 Å². The largest absolute Gasteiger partial charge is 0.312 e. The first kappa shape index (κ1) is 16.3. The molecule has 2 aromatic rings. The summed E-state index contributed by atoms with van der Waals surface area (Å²) in [6.07, 6.45) is 2.24. The van der Waals surface area contributed by atoms with Crippen molar-refractivity contribution in [2.45, 2.75) is 33.2 Å². The molecule has 0 saturated carbocycles. The Balaban J connectivity index is 2.27. The number of nitrogens with zero attached hydrogens (tertiary/aromatic N) is 1. The molecule has 0 aliphatic carbocycles. The van der Waals surface area contributed by atoms with E-state index in [0.717, 1.165) is 48.6 Å². The van der Waals surface area contributed by atoms with E-state index in [2.05, 4.69) is 23.7 Å². The lowest BCUT2D eigenvalue weighted by atomic mass is 10.1. The van der Waals surface area contributed by atoms with Crippen LogP contribution in [0.4, 0.5) is 0 Å². The molecular formula is C16H21ClN2OS. The van der Waals surface area contributed by atoms with E-state index in [1.165, 1.54) is 11.3 Å². The van der Waals surface area contributed by atoms with Gasteiger partial charge in [-0.2, -0.15) is 0 Å². The van der Waals surface area contributed by atoms with Crippen LogP contribution in [-0.2, 0) is 6.54 Å².